The monoisotopic (exact) mass is 622 g/mol. The second-order valence-electron chi connectivity index (χ2n) is 8.58. The first-order valence-electron chi connectivity index (χ1n) is 11.1. The Morgan fingerprint density at radius 1 is 0.875 bits per heavy atom. The van der Waals surface area contributed by atoms with Crippen molar-refractivity contribution in [2.24, 2.45) is 5.92 Å². The zero-order valence-electron chi connectivity index (χ0n) is 19.8. The molecule has 1 aromatic rings. The molecule has 1 aliphatic carbocycles. The molecule has 2 rings (SSSR count). The Labute approximate surface area is 219 Å². The Balaban J connectivity index is 2.43. The van der Waals surface area contributed by atoms with Crippen LogP contribution in [-0.4, -0.2) is 54.7 Å². The highest BCUT2D eigenvalue weighted by atomic mass is 32.2. The van der Waals surface area contributed by atoms with Crippen LogP contribution in [-0.2, 0) is 35.4 Å². The third-order valence-corrected chi connectivity index (χ3v) is 6.63. The van der Waals surface area contributed by atoms with E-state index in [4.69, 9.17) is 4.55 Å². The third kappa shape index (κ3) is 7.34. The van der Waals surface area contributed by atoms with Gasteiger partial charge < -0.3 is 14.2 Å². The van der Waals surface area contributed by atoms with E-state index in [0.29, 0.717) is 43.5 Å². The predicted molar refractivity (Wildman–Crippen MR) is 111 cm³/mol. The highest BCUT2D eigenvalue weighted by molar-refractivity contribution is 7.87. The first-order valence-corrected chi connectivity index (χ1v) is 12.5. The van der Waals surface area contributed by atoms with Gasteiger partial charge in [0.15, 0.2) is 0 Å². The topological polar surface area (TPSA) is 116 Å². The van der Waals surface area contributed by atoms with Crippen molar-refractivity contribution in [1.82, 2.24) is 0 Å². The van der Waals surface area contributed by atoms with E-state index in [-0.39, 0.29) is 12.8 Å². The van der Waals surface area contributed by atoms with Crippen LogP contribution < -0.4 is 4.74 Å². The van der Waals surface area contributed by atoms with E-state index < -0.39 is 81.6 Å². The van der Waals surface area contributed by atoms with E-state index in [0.717, 1.165) is 0 Å². The summed E-state index contributed by atoms with van der Waals surface area (Å²) in [5, 5.41) is -6.20. The van der Waals surface area contributed by atoms with Crippen LogP contribution in [0.1, 0.15) is 44.1 Å². The van der Waals surface area contributed by atoms with Crippen LogP contribution in [0, 0.1) is 5.92 Å². The zero-order chi connectivity index (χ0) is 30.8. The van der Waals surface area contributed by atoms with Crippen molar-refractivity contribution in [3.05, 3.63) is 29.8 Å². The molecule has 0 radical (unpaired) electrons. The van der Waals surface area contributed by atoms with Gasteiger partial charge in [0.1, 0.15) is 5.75 Å². The summed E-state index contributed by atoms with van der Waals surface area (Å²) in [5.74, 6) is -17.3. The standard InChI is InChI=1S/C21H20F10O8S/c22-17(23,21(30,31)40(34,35)36)10-11-37-18(20(27,28)29,39-15(32)12-4-2-1-3-5-12)16(33)38-14-8-6-13(7-9-14)19(24,25)26/h6-9,12H,1-5,10-11H2,(H,34,35,36). The molecule has 0 saturated heterocycles. The molecule has 1 fully saturated rings. The Hall–Kier alpha value is -2.67. The Bertz CT molecular complexity index is 1160. The lowest BCUT2D eigenvalue weighted by Gasteiger charge is -2.34. The first-order chi connectivity index (χ1) is 18.1. The maximum absolute atomic E-state index is 14.2. The first kappa shape index (κ1) is 33.5. The molecule has 0 spiro atoms. The highest BCUT2D eigenvalue weighted by Crippen LogP contribution is 2.43. The van der Waals surface area contributed by atoms with Gasteiger partial charge >= 0.3 is 51.4 Å². The number of ether oxygens (including phenoxy) is 3. The smallest absolute Gasteiger partial charge is 0.421 e. The summed E-state index contributed by atoms with van der Waals surface area (Å²) in [6.07, 6.45) is -12.3. The average Bonchev–Trinajstić information content (AvgIpc) is 2.82. The van der Waals surface area contributed by atoms with Crippen LogP contribution >= 0.6 is 0 Å². The van der Waals surface area contributed by atoms with Crippen LogP contribution in [0.4, 0.5) is 43.9 Å². The van der Waals surface area contributed by atoms with Crippen LogP contribution in [0.25, 0.3) is 0 Å². The maximum atomic E-state index is 14.2. The van der Waals surface area contributed by atoms with E-state index in [1.165, 1.54) is 0 Å². The van der Waals surface area contributed by atoms with Crippen LogP contribution in [0.2, 0.25) is 0 Å². The van der Waals surface area contributed by atoms with E-state index in [1.807, 2.05) is 0 Å². The van der Waals surface area contributed by atoms with Gasteiger partial charge in [-0.25, -0.2) is 4.79 Å². The van der Waals surface area contributed by atoms with Crippen LogP contribution in [0.3, 0.4) is 0 Å². The number of carbonyl (C=O) groups is 2. The lowest BCUT2D eigenvalue weighted by Crippen LogP contribution is -2.60. The van der Waals surface area contributed by atoms with Crippen molar-refractivity contribution in [2.75, 3.05) is 6.61 Å². The van der Waals surface area contributed by atoms with Gasteiger partial charge in [-0.05, 0) is 37.1 Å². The molecule has 0 aromatic heterocycles. The molecule has 1 aromatic carbocycles. The summed E-state index contributed by atoms with van der Waals surface area (Å²) in [6, 6.07) is 1.38. The van der Waals surface area contributed by atoms with Gasteiger partial charge in [-0.3, -0.25) is 9.35 Å². The lowest BCUT2D eigenvalue weighted by atomic mass is 9.89. The van der Waals surface area contributed by atoms with E-state index in [1.54, 1.807) is 0 Å². The zero-order valence-corrected chi connectivity index (χ0v) is 20.6. The summed E-state index contributed by atoms with van der Waals surface area (Å²) in [4.78, 5) is 25.2. The molecule has 1 N–H and O–H groups in total. The molecule has 0 aliphatic heterocycles. The molecule has 1 aliphatic rings. The number of benzene rings is 1. The SMILES string of the molecule is O=C(OC(OCCC(F)(F)C(F)(F)S(=O)(=O)O)(C(=O)Oc1ccc(C(F)(F)F)cc1)C(F)(F)F)C1CCCCC1. The minimum atomic E-state index is -6.78. The molecule has 0 amide bonds. The average molecular weight is 622 g/mol. The van der Waals surface area contributed by atoms with Gasteiger partial charge in [0.05, 0.1) is 18.1 Å². The van der Waals surface area contributed by atoms with Gasteiger partial charge in [-0.1, -0.05) is 19.3 Å². The van der Waals surface area contributed by atoms with Gasteiger partial charge in [-0.15, -0.1) is 0 Å². The summed E-state index contributed by atoms with van der Waals surface area (Å²) in [6.45, 7) is -2.22. The van der Waals surface area contributed by atoms with Crippen molar-refractivity contribution in [3.63, 3.8) is 0 Å². The minimum absolute atomic E-state index is 0.0145. The summed E-state index contributed by atoms with van der Waals surface area (Å²) < 4.78 is 178. The minimum Gasteiger partial charge on any atom is -0.421 e. The summed E-state index contributed by atoms with van der Waals surface area (Å²) in [5.41, 5.74) is -1.31. The molecular weight excluding hydrogens is 602 g/mol. The third-order valence-electron chi connectivity index (χ3n) is 5.69. The van der Waals surface area contributed by atoms with E-state index >= 15 is 0 Å². The molecule has 19 heteroatoms. The molecule has 0 heterocycles. The van der Waals surface area contributed by atoms with Gasteiger partial charge in [0.25, 0.3) is 0 Å². The van der Waals surface area contributed by atoms with Crippen molar-refractivity contribution in [1.29, 1.82) is 0 Å². The highest BCUT2D eigenvalue weighted by Gasteiger charge is 2.70. The number of hydrogen-bond acceptors (Lipinski definition) is 7. The molecule has 0 bridgehead atoms. The number of esters is 2. The van der Waals surface area contributed by atoms with E-state index in [2.05, 4.69) is 14.2 Å². The predicted octanol–water partition coefficient (Wildman–Crippen LogP) is 5.52. The van der Waals surface area contributed by atoms with Crippen LogP contribution in [0.5, 0.6) is 5.75 Å². The quantitative estimate of drug-likeness (QED) is 0.119. The molecule has 228 valence electrons. The number of carbonyl (C=O) groups excluding carboxylic acids is 2. The largest absolute Gasteiger partial charge is 0.468 e. The summed E-state index contributed by atoms with van der Waals surface area (Å²) in [7, 11) is -6.78. The molecule has 40 heavy (non-hydrogen) atoms. The molecule has 1 atom stereocenters. The fourth-order valence-electron chi connectivity index (χ4n) is 3.49. The number of halogens is 10. The second kappa shape index (κ2) is 11.7. The van der Waals surface area contributed by atoms with Gasteiger partial charge in [0.2, 0.25) is 0 Å². The van der Waals surface area contributed by atoms with Crippen molar-refractivity contribution >= 4 is 22.1 Å². The number of rotatable bonds is 10. The van der Waals surface area contributed by atoms with E-state index in [9.17, 15) is 61.9 Å². The molecular formula is C21H20F10O8S. The number of hydrogen-bond donors (Lipinski definition) is 1. The molecule has 8 nitrogen and oxygen atoms in total. The fraction of sp³-hybridized carbons (Fsp3) is 0.619. The molecule has 1 saturated carbocycles. The van der Waals surface area contributed by atoms with Crippen LogP contribution in [0.15, 0.2) is 24.3 Å². The fourth-order valence-corrected chi connectivity index (χ4v) is 3.97. The number of alkyl halides is 10. The second-order valence-corrected chi connectivity index (χ2v) is 10.0. The van der Waals surface area contributed by atoms with Gasteiger partial charge in [-0.2, -0.15) is 52.3 Å². The molecule has 1 unspecified atom stereocenters. The Morgan fingerprint density at radius 3 is 1.85 bits per heavy atom. The lowest BCUT2D eigenvalue weighted by molar-refractivity contribution is -0.356. The van der Waals surface area contributed by atoms with Crippen molar-refractivity contribution < 1.29 is 80.7 Å². The summed E-state index contributed by atoms with van der Waals surface area (Å²) >= 11 is 0. The van der Waals surface area contributed by atoms with Crippen molar-refractivity contribution in [2.45, 2.75) is 67.8 Å². The maximum Gasteiger partial charge on any atom is 0.468 e. The Morgan fingerprint density at radius 2 is 1.40 bits per heavy atom. The van der Waals surface area contributed by atoms with Gasteiger partial charge in [0, 0.05) is 6.42 Å². The Kier molecular flexibility index (Phi) is 9.79. The normalized spacial score (nSPS) is 17.7. The van der Waals surface area contributed by atoms with Crippen molar-refractivity contribution in [3.8, 4) is 5.75 Å².